The van der Waals surface area contributed by atoms with Crippen molar-refractivity contribution in [2.75, 3.05) is 11.9 Å². The lowest BCUT2D eigenvalue weighted by Gasteiger charge is -2.07. The Labute approximate surface area is 92.1 Å². The Bertz CT molecular complexity index is 499. The molecule has 0 amide bonds. The molecule has 2 rings (SSSR count). The fourth-order valence-corrected chi connectivity index (χ4v) is 1.66. The molecule has 15 heavy (non-hydrogen) atoms. The van der Waals surface area contributed by atoms with Crippen molar-refractivity contribution in [3.05, 3.63) is 35.2 Å². The zero-order valence-corrected chi connectivity index (χ0v) is 8.98. The molecule has 0 aliphatic rings. The topological polar surface area (TPSA) is 24.9 Å². The van der Waals surface area contributed by atoms with Crippen LogP contribution in [0.25, 0.3) is 10.8 Å². The van der Waals surface area contributed by atoms with Crippen LogP contribution in [0.2, 0.25) is 5.02 Å². The molecule has 1 aromatic heterocycles. The third kappa shape index (κ3) is 1.75. The lowest BCUT2D eigenvalue weighted by molar-refractivity contribution is 0.640. The Morgan fingerprint density at radius 2 is 2.13 bits per heavy atom. The number of benzene rings is 1. The molecule has 0 fully saturated rings. The maximum absolute atomic E-state index is 13.6. The van der Waals surface area contributed by atoms with Gasteiger partial charge in [-0.15, -0.1) is 0 Å². The first-order valence-corrected chi connectivity index (χ1v) is 5.08. The van der Waals surface area contributed by atoms with Crippen molar-refractivity contribution in [3.8, 4) is 0 Å². The summed E-state index contributed by atoms with van der Waals surface area (Å²) in [5, 5.41) is 4.46. The van der Waals surface area contributed by atoms with Crippen molar-refractivity contribution in [1.29, 1.82) is 0 Å². The summed E-state index contributed by atoms with van der Waals surface area (Å²) in [5.74, 6) is 0.293. The van der Waals surface area contributed by atoms with Crippen LogP contribution in [-0.2, 0) is 0 Å². The molecule has 0 aliphatic heterocycles. The number of halogens is 2. The van der Waals surface area contributed by atoms with Crippen LogP contribution in [0.4, 0.5) is 10.2 Å². The number of hydrogen-bond donors (Lipinski definition) is 1. The Morgan fingerprint density at radius 1 is 1.33 bits per heavy atom. The van der Waals surface area contributed by atoms with Gasteiger partial charge in [0.05, 0.1) is 5.02 Å². The molecule has 0 unspecified atom stereocenters. The van der Waals surface area contributed by atoms with E-state index >= 15 is 0 Å². The van der Waals surface area contributed by atoms with Crippen LogP contribution < -0.4 is 5.32 Å². The summed E-state index contributed by atoms with van der Waals surface area (Å²) in [6.07, 6.45) is 1.57. The third-order valence-electron chi connectivity index (χ3n) is 2.18. The fourth-order valence-electron chi connectivity index (χ4n) is 1.50. The molecular weight excluding hydrogens is 215 g/mol. The molecule has 1 aromatic carbocycles. The van der Waals surface area contributed by atoms with Crippen LogP contribution in [0.1, 0.15) is 6.92 Å². The van der Waals surface area contributed by atoms with Gasteiger partial charge in [0.2, 0.25) is 0 Å². The first-order chi connectivity index (χ1) is 7.24. The molecule has 0 saturated heterocycles. The maximum Gasteiger partial charge on any atom is 0.149 e. The Morgan fingerprint density at radius 3 is 2.87 bits per heavy atom. The van der Waals surface area contributed by atoms with Gasteiger partial charge in [0.1, 0.15) is 11.6 Å². The van der Waals surface area contributed by atoms with Gasteiger partial charge in [-0.05, 0) is 25.1 Å². The smallest absolute Gasteiger partial charge is 0.149 e. The molecule has 1 N–H and O–H groups in total. The summed E-state index contributed by atoms with van der Waals surface area (Å²) < 4.78 is 13.6. The average molecular weight is 225 g/mol. The van der Waals surface area contributed by atoms with E-state index in [1.54, 1.807) is 24.4 Å². The molecule has 0 spiro atoms. The van der Waals surface area contributed by atoms with Gasteiger partial charge in [0.15, 0.2) is 0 Å². The predicted octanol–water partition coefficient (Wildman–Crippen LogP) is 3.46. The SMILES string of the molecule is CCNc1nccc2c(F)c(Cl)ccc12. The van der Waals surface area contributed by atoms with Crippen LogP contribution >= 0.6 is 11.6 Å². The van der Waals surface area contributed by atoms with Crippen molar-refractivity contribution in [3.63, 3.8) is 0 Å². The van der Waals surface area contributed by atoms with Crippen molar-refractivity contribution in [2.45, 2.75) is 6.92 Å². The van der Waals surface area contributed by atoms with E-state index in [1.165, 1.54) is 0 Å². The van der Waals surface area contributed by atoms with E-state index in [2.05, 4.69) is 10.3 Å². The molecule has 4 heteroatoms. The van der Waals surface area contributed by atoms with Crippen LogP contribution in [0.15, 0.2) is 24.4 Å². The summed E-state index contributed by atoms with van der Waals surface area (Å²) in [6, 6.07) is 4.94. The molecule has 2 aromatic rings. The summed E-state index contributed by atoms with van der Waals surface area (Å²) in [5.41, 5.74) is 0. The standard InChI is InChI=1S/C11H10ClFN2/c1-2-14-11-8-3-4-9(12)10(13)7(8)5-6-15-11/h3-6H,2H2,1H3,(H,14,15). The maximum atomic E-state index is 13.6. The largest absolute Gasteiger partial charge is 0.370 e. The number of hydrogen-bond acceptors (Lipinski definition) is 2. The number of nitrogens with one attached hydrogen (secondary N) is 1. The summed E-state index contributed by atoms with van der Waals surface area (Å²) >= 11 is 5.70. The molecule has 0 aliphatic carbocycles. The molecule has 2 nitrogen and oxygen atoms in total. The van der Waals surface area contributed by atoms with Gasteiger partial charge < -0.3 is 5.32 Å². The van der Waals surface area contributed by atoms with Crippen molar-refractivity contribution < 1.29 is 4.39 Å². The summed E-state index contributed by atoms with van der Waals surface area (Å²) in [7, 11) is 0. The van der Waals surface area contributed by atoms with Crippen LogP contribution in [0.5, 0.6) is 0 Å². The van der Waals surface area contributed by atoms with Crippen LogP contribution in [0.3, 0.4) is 0 Å². The number of pyridine rings is 1. The minimum Gasteiger partial charge on any atom is -0.370 e. The van der Waals surface area contributed by atoms with E-state index in [1.807, 2.05) is 6.92 Å². The molecule has 0 saturated carbocycles. The van der Waals surface area contributed by atoms with Gasteiger partial charge in [0, 0.05) is 23.5 Å². The summed E-state index contributed by atoms with van der Waals surface area (Å²) in [6.45, 7) is 2.71. The highest BCUT2D eigenvalue weighted by Gasteiger charge is 2.08. The number of rotatable bonds is 2. The fraction of sp³-hybridized carbons (Fsp3) is 0.182. The second-order valence-corrected chi connectivity index (χ2v) is 3.55. The molecule has 0 radical (unpaired) electrons. The molecule has 0 atom stereocenters. The summed E-state index contributed by atoms with van der Waals surface area (Å²) in [4.78, 5) is 4.15. The average Bonchev–Trinajstić information content (AvgIpc) is 2.25. The minimum absolute atomic E-state index is 0.135. The first kappa shape index (κ1) is 10.2. The zero-order chi connectivity index (χ0) is 10.8. The normalized spacial score (nSPS) is 10.6. The van der Waals surface area contributed by atoms with Gasteiger partial charge in [-0.25, -0.2) is 9.37 Å². The van der Waals surface area contributed by atoms with Crippen LogP contribution in [0, 0.1) is 5.82 Å². The predicted molar refractivity (Wildman–Crippen MR) is 60.9 cm³/mol. The highest BCUT2D eigenvalue weighted by atomic mass is 35.5. The van der Waals surface area contributed by atoms with E-state index in [4.69, 9.17) is 11.6 Å². The second kappa shape index (κ2) is 4.03. The Kier molecular flexibility index (Phi) is 2.73. The third-order valence-corrected chi connectivity index (χ3v) is 2.47. The van der Waals surface area contributed by atoms with Gasteiger partial charge in [-0.3, -0.25) is 0 Å². The lowest BCUT2D eigenvalue weighted by atomic mass is 10.1. The zero-order valence-electron chi connectivity index (χ0n) is 8.22. The number of fused-ring (bicyclic) bond motifs is 1. The van der Waals surface area contributed by atoms with E-state index in [9.17, 15) is 4.39 Å². The quantitative estimate of drug-likeness (QED) is 0.845. The molecule has 1 heterocycles. The number of anilines is 1. The molecular formula is C11H10ClFN2. The minimum atomic E-state index is -0.393. The van der Waals surface area contributed by atoms with Gasteiger partial charge in [-0.2, -0.15) is 0 Å². The van der Waals surface area contributed by atoms with Gasteiger partial charge in [0.25, 0.3) is 0 Å². The van der Waals surface area contributed by atoms with Gasteiger partial charge in [-0.1, -0.05) is 11.6 Å². The van der Waals surface area contributed by atoms with Crippen LogP contribution in [-0.4, -0.2) is 11.5 Å². The second-order valence-electron chi connectivity index (χ2n) is 3.15. The molecule has 0 bridgehead atoms. The number of nitrogens with zero attached hydrogens (tertiary/aromatic N) is 1. The van der Waals surface area contributed by atoms with Crippen molar-refractivity contribution in [2.24, 2.45) is 0 Å². The lowest BCUT2D eigenvalue weighted by Crippen LogP contribution is -2.00. The Hall–Kier alpha value is -1.35. The van der Waals surface area contributed by atoms with Gasteiger partial charge >= 0.3 is 0 Å². The van der Waals surface area contributed by atoms with E-state index in [-0.39, 0.29) is 5.02 Å². The van der Waals surface area contributed by atoms with Crippen molar-refractivity contribution >= 4 is 28.2 Å². The monoisotopic (exact) mass is 224 g/mol. The van der Waals surface area contributed by atoms with E-state index in [0.29, 0.717) is 11.2 Å². The van der Waals surface area contributed by atoms with Crippen molar-refractivity contribution in [1.82, 2.24) is 4.98 Å². The van der Waals surface area contributed by atoms with E-state index < -0.39 is 5.82 Å². The highest BCUT2D eigenvalue weighted by molar-refractivity contribution is 6.31. The molecule has 78 valence electrons. The highest BCUT2D eigenvalue weighted by Crippen LogP contribution is 2.27. The Balaban J connectivity index is 2.72. The number of aromatic nitrogens is 1. The first-order valence-electron chi connectivity index (χ1n) is 4.70. The van der Waals surface area contributed by atoms with E-state index in [0.717, 1.165) is 11.9 Å².